The van der Waals surface area contributed by atoms with E-state index in [1.54, 1.807) is 0 Å². The summed E-state index contributed by atoms with van der Waals surface area (Å²) in [5, 5.41) is 4.00. The van der Waals surface area contributed by atoms with E-state index in [-0.39, 0.29) is 5.56 Å². The summed E-state index contributed by atoms with van der Waals surface area (Å²) in [6.45, 7) is 2.05. The Bertz CT molecular complexity index is 1130. The van der Waals surface area contributed by atoms with E-state index in [0.717, 1.165) is 21.5 Å². The van der Waals surface area contributed by atoms with Crippen LogP contribution in [-0.2, 0) is 5.75 Å². The molecule has 6 heteroatoms. The molecule has 2 heterocycles. The molecular weight excluding hydrogens is 384 g/mol. The van der Waals surface area contributed by atoms with E-state index in [2.05, 4.69) is 22.1 Å². The third kappa shape index (κ3) is 3.56. The number of nitrogens with zero attached hydrogens (tertiary/aromatic N) is 1. The zero-order valence-electron chi connectivity index (χ0n) is 14.0. The van der Waals surface area contributed by atoms with Gasteiger partial charge in [-0.3, -0.25) is 4.79 Å². The number of fused-ring (bicyclic) bond motifs is 1. The van der Waals surface area contributed by atoms with Crippen molar-refractivity contribution in [1.29, 1.82) is 0 Å². The SMILES string of the molecule is Cc1ccc(-c2csc3nc(SCc4cccc(Cl)c4)[nH]c(=O)c23)cc1. The maximum atomic E-state index is 12.7. The Kier molecular flexibility index (Phi) is 4.85. The molecule has 4 rings (SSSR count). The number of H-pyrrole nitrogens is 1. The van der Waals surface area contributed by atoms with E-state index in [0.29, 0.717) is 21.3 Å². The quantitative estimate of drug-likeness (QED) is 0.343. The molecule has 0 amide bonds. The average Bonchev–Trinajstić information content (AvgIpc) is 3.05. The Morgan fingerprint density at radius 2 is 2.00 bits per heavy atom. The van der Waals surface area contributed by atoms with E-state index in [9.17, 15) is 4.79 Å². The fourth-order valence-corrected chi connectivity index (χ4v) is 4.74. The van der Waals surface area contributed by atoms with Crippen LogP contribution < -0.4 is 5.56 Å². The van der Waals surface area contributed by atoms with Gasteiger partial charge in [0.05, 0.1) is 5.39 Å². The largest absolute Gasteiger partial charge is 0.301 e. The molecule has 0 aliphatic rings. The van der Waals surface area contributed by atoms with Crippen LogP contribution in [0.3, 0.4) is 0 Å². The van der Waals surface area contributed by atoms with E-state index in [1.165, 1.54) is 28.7 Å². The van der Waals surface area contributed by atoms with Crippen LogP contribution in [0, 0.1) is 6.92 Å². The fraction of sp³-hybridized carbons (Fsp3) is 0.100. The molecule has 0 fully saturated rings. The fourth-order valence-electron chi connectivity index (χ4n) is 2.72. The number of thioether (sulfide) groups is 1. The number of aryl methyl sites for hydroxylation is 1. The third-order valence-corrected chi connectivity index (χ3v) is 6.10. The van der Waals surface area contributed by atoms with Crippen molar-refractivity contribution in [1.82, 2.24) is 9.97 Å². The lowest BCUT2D eigenvalue weighted by molar-refractivity contribution is 0.980. The van der Waals surface area contributed by atoms with Crippen molar-refractivity contribution in [2.45, 2.75) is 17.8 Å². The standard InChI is InChI=1S/C20H15ClN2OS2/c1-12-5-7-14(8-6-12)16-11-25-19-17(16)18(24)22-20(23-19)26-10-13-3-2-4-15(21)9-13/h2-9,11H,10H2,1H3,(H,22,23,24). The van der Waals surface area contributed by atoms with Crippen molar-refractivity contribution < 1.29 is 0 Å². The second-order valence-electron chi connectivity index (χ2n) is 5.99. The first-order valence-corrected chi connectivity index (χ1v) is 10.3. The van der Waals surface area contributed by atoms with E-state index < -0.39 is 0 Å². The minimum atomic E-state index is -0.0968. The maximum absolute atomic E-state index is 12.7. The molecule has 0 atom stereocenters. The summed E-state index contributed by atoms with van der Waals surface area (Å²) in [7, 11) is 0. The lowest BCUT2D eigenvalue weighted by Gasteiger charge is -2.03. The van der Waals surface area contributed by atoms with Gasteiger partial charge in [0.15, 0.2) is 5.16 Å². The van der Waals surface area contributed by atoms with Gasteiger partial charge in [-0.05, 0) is 30.2 Å². The lowest BCUT2D eigenvalue weighted by Crippen LogP contribution is -2.08. The van der Waals surface area contributed by atoms with Crippen molar-refractivity contribution in [2.24, 2.45) is 0 Å². The van der Waals surface area contributed by atoms with Gasteiger partial charge in [0.2, 0.25) is 0 Å². The molecule has 2 aromatic carbocycles. The van der Waals surface area contributed by atoms with Crippen molar-refractivity contribution in [3.8, 4) is 11.1 Å². The minimum absolute atomic E-state index is 0.0968. The van der Waals surface area contributed by atoms with E-state index in [4.69, 9.17) is 11.6 Å². The predicted octanol–water partition coefficient (Wildman–Crippen LogP) is 5.91. The zero-order valence-corrected chi connectivity index (χ0v) is 16.3. The van der Waals surface area contributed by atoms with Gasteiger partial charge in [-0.25, -0.2) is 4.98 Å². The Morgan fingerprint density at radius 3 is 2.77 bits per heavy atom. The van der Waals surface area contributed by atoms with Crippen LogP contribution in [0.4, 0.5) is 0 Å². The molecule has 0 bridgehead atoms. The number of benzene rings is 2. The van der Waals surface area contributed by atoms with Crippen LogP contribution >= 0.6 is 34.7 Å². The first-order chi connectivity index (χ1) is 12.6. The number of hydrogen-bond donors (Lipinski definition) is 1. The molecule has 1 N–H and O–H groups in total. The molecule has 130 valence electrons. The summed E-state index contributed by atoms with van der Waals surface area (Å²) < 4.78 is 0. The molecule has 0 spiro atoms. The van der Waals surface area contributed by atoms with Crippen LogP contribution in [0.25, 0.3) is 21.3 Å². The van der Waals surface area contributed by atoms with Crippen molar-refractivity contribution >= 4 is 44.9 Å². The summed E-state index contributed by atoms with van der Waals surface area (Å²) in [6.07, 6.45) is 0. The van der Waals surface area contributed by atoms with Gasteiger partial charge < -0.3 is 4.98 Å². The number of thiophene rings is 1. The summed E-state index contributed by atoms with van der Waals surface area (Å²) in [4.78, 5) is 21.0. The highest BCUT2D eigenvalue weighted by atomic mass is 35.5. The second-order valence-corrected chi connectivity index (χ2v) is 8.24. The smallest absolute Gasteiger partial charge is 0.260 e. The summed E-state index contributed by atoms with van der Waals surface area (Å²) >= 11 is 9.02. The van der Waals surface area contributed by atoms with Crippen molar-refractivity contribution in [3.05, 3.63) is 80.4 Å². The number of rotatable bonds is 4. The highest BCUT2D eigenvalue weighted by molar-refractivity contribution is 7.98. The first kappa shape index (κ1) is 17.3. The molecule has 0 saturated heterocycles. The Labute approximate surface area is 164 Å². The highest BCUT2D eigenvalue weighted by Gasteiger charge is 2.13. The Hall–Kier alpha value is -2.08. The van der Waals surface area contributed by atoms with E-state index >= 15 is 0 Å². The van der Waals surface area contributed by atoms with Crippen LogP contribution in [0.15, 0.2) is 63.9 Å². The Balaban J connectivity index is 1.65. The van der Waals surface area contributed by atoms with E-state index in [1.807, 2.05) is 48.7 Å². The van der Waals surface area contributed by atoms with Gasteiger partial charge in [-0.15, -0.1) is 11.3 Å². The molecule has 0 aliphatic heterocycles. The molecular formula is C20H15ClN2OS2. The van der Waals surface area contributed by atoms with Crippen LogP contribution in [-0.4, -0.2) is 9.97 Å². The highest BCUT2D eigenvalue weighted by Crippen LogP contribution is 2.32. The number of aromatic amines is 1. The normalized spacial score (nSPS) is 11.2. The molecule has 0 aliphatic carbocycles. The molecule has 0 radical (unpaired) electrons. The van der Waals surface area contributed by atoms with Crippen molar-refractivity contribution in [3.63, 3.8) is 0 Å². The molecule has 4 aromatic rings. The molecule has 2 aromatic heterocycles. The molecule has 0 unspecified atom stereocenters. The molecule has 0 saturated carbocycles. The number of halogens is 1. The van der Waals surface area contributed by atoms with Gasteiger partial charge in [-0.1, -0.05) is 65.3 Å². The average molecular weight is 399 g/mol. The van der Waals surface area contributed by atoms with Crippen LogP contribution in [0.2, 0.25) is 5.02 Å². The van der Waals surface area contributed by atoms with Gasteiger partial charge in [-0.2, -0.15) is 0 Å². The number of hydrogen-bond acceptors (Lipinski definition) is 4. The summed E-state index contributed by atoms with van der Waals surface area (Å²) in [5.41, 5.74) is 4.16. The zero-order chi connectivity index (χ0) is 18.1. The third-order valence-electron chi connectivity index (χ3n) is 4.05. The van der Waals surface area contributed by atoms with Gasteiger partial charge in [0.1, 0.15) is 4.83 Å². The van der Waals surface area contributed by atoms with Gasteiger partial charge in [0, 0.05) is 21.7 Å². The molecule has 3 nitrogen and oxygen atoms in total. The number of aromatic nitrogens is 2. The van der Waals surface area contributed by atoms with Gasteiger partial charge in [0.25, 0.3) is 5.56 Å². The van der Waals surface area contributed by atoms with Crippen LogP contribution in [0.5, 0.6) is 0 Å². The predicted molar refractivity (Wildman–Crippen MR) is 111 cm³/mol. The maximum Gasteiger partial charge on any atom is 0.260 e. The Morgan fingerprint density at radius 1 is 1.19 bits per heavy atom. The first-order valence-electron chi connectivity index (χ1n) is 8.06. The van der Waals surface area contributed by atoms with Gasteiger partial charge >= 0.3 is 0 Å². The topological polar surface area (TPSA) is 45.8 Å². The monoisotopic (exact) mass is 398 g/mol. The van der Waals surface area contributed by atoms with Crippen molar-refractivity contribution in [2.75, 3.05) is 0 Å². The molecule has 26 heavy (non-hydrogen) atoms. The summed E-state index contributed by atoms with van der Waals surface area (Å²) in [5.74, 6) is 0.700. The summed E-state index contributed by atoms with van der Waals surface area (Å²) in [6, 6.07) is 15.9. The second kappa shape index (κ2) is 7.27. The lowest BCUT2D eigenvalue weighted by atomic mass is 10.1. The van der Waals surface area contributed by atoms with Crippen LogP contribution in [0.1, 0.15) is 11.1 Å². The minimum Gasteiger partial charge on any atom is -0.301 e. The number of nitrogens with one attached hydrogen (secondary N) is 1.